The highest BCUT2D eigenvalue weighted by Gasteiger charge is 2.39. The molecule has 1 aromatic carbocycles. The third kappa shape index (κ3) is 1.85. The molecule has 0 saturated heterocycles. The third-order valence-corrected chi connectivity index (χ3v) is 4.20. The molecule has 3 atom stereocenters. The number of benzene rings is 1. The van der Waals surface area contributed by atoms with Gasteiger partial charge in [-0.3, -0.25) is 0 Å². The molecule has 2 heterocycles. The first-order valence-corrected chi connectivity index (χ1v) is 7.07. The van der Waals surface area contributed by atoms with Crippen LogP contribution in [0, 0.1) is 5.92 Å². The molecule has 20 heavy (non-hydrogen) atoms. The Morgan fingerprint density at radius 3 is 2.70 bits per heavy atom. The maximum atomic E-state index is 14.1. The topological polar surface area (TPSA) is 50.9 Å². The van der Waals surface area contributed by atoms with Crippen LogP contribution in [-0.4, -0.2) is 19.9 Å². The molecular weight excluding hydrogens is 257 g/mol. The molecule has 5 heteroatoms. The molecule has 0 spiro atoms. The van der Waals surface area contributed by atoms with E-state index in [1.807, 2.05) is 30.3 Å². The second kappa shape index (κ2) is 4.38. The summed E-state index contributed by atoms with van der Waals surface area (Å²) in [7, 11) is 0. The summed E-state index contributed by atoms with van der Waals surface area (Å²) >= 11 is 0. The first-order chi connectivity index (χ1) is 9.74. The van der Waals surface area contributed by atoms with Crippen molar-refractivity contribution in [1.29, 1.82) is 0 Å². The number of nitrogens with zero attached hydrogens (tertiary/aromatic N) is 3. The van der Waals surface area contributed by atoms with Crippen LogP contribution in [0.2, 0.25) is 0 Å². The summed E-state index contributed by atoms with van der Waals surface area (Å²) in [6.45, 7) is 0. The van der Waals surface area contributed by atoms with Gasteiger partial charge in [0.1, 0.15) is 6.10 Å². The molecule has 0 bridgehead atoms. The molecule has 1 fully saturated rings. The number of halogens is 1. The van der Waals surface area contributed by atoms with E-state index >= 15 is 0 Å². The molecule has 1 N–H and O–H groups in total. The predicted octanol–water partition coefficient (Wildman–Crippen LogP) is 2.73. The average molecular weight is 273 g/mol. The average Bonchev–Trinajstić information content (AvgIpc) is 3.15. The van der Waals surface area contributed by atoms with Gasteiger partial charge in [0, 0.05) is 6.42 Å². The Balaban J connectivity index is 1.71. The number of hydrogen-bond donors (Lipinski definition) is 1. The minimum Gasteiger partial charge on any atom is -0.385 e. The fourth-order valence-corrected chi connectivity index (χ4v) is 2.90. The lowest BCUT2D eigenvalue weighted by atomic mass is 10.0. The van der Waals surface area contributed by atoms with Crippen molar-refractivity contribution >= 4 is 0 Å². The van der Waals surface area contributed by atoms with Crippen LogP contribution in [0.25, 0.3) is 0 Å². The van der Waals surface area contributed by atoms with Gasteiger partial charge >= 0.3 is 0 Å². The number of fused-ring (bicyclic) bond motifs is 1. The van der Waals surface area contributed by atoms with Crippen LogP contribution in [0.4, 0.5) is 4.39 Å². The van der Waals surface area contributed by atoms with Gasteiger partial charge in [-0.1, -0.05) is 30.3 Å². The minimum atomic E-state index is -1.10. The van der Waals surface area contributed by atoms with Crippen molar-refractivity contribution in [3.8, 4) is 0 Å². The van der Waals surface area contributed by atoms with E-state index in [2.05, 4.69) is 10.1 Å². The highest BCUT2D eigenvalue weighted by molar-refractivity contribution is 5.23. The Bertz CT molecular complexity index is 623. The minimum absolute atomic E-state index is 0.117. The van der Waals surface area contributed by atoms with Gasteiger partial charge in [-0.05, 0) is 24.3 Å². The monoisotopic (exact) mass is 273 g/mol. The second-order valence-corrected chi connectivity index (χ2v) is 5.68. The molecule has 0 radical (unpaired) electrons. The van der Waals surface area contributed by atoms with Crippen LogP contribution in [0.3, 0.4) is 0 Å². The van der Waals surface area contributed by atoms with Gasteiger partial charge in [-0.25, -0.2) is 14.1 Å². The van der Waals surface area contributed by atoms with Crippen LogP contribution >= 0.6 is 0 Å². The molecule has 2 aromatic rings. The molecule has 4 rings (SSSR count). The van der Waals surface area contributed by atoms with Crippen LogP contribution in [0.1, 0.15) is 54.8 Å². The summed E-state index contributed by atoms with van der Waals surface area (Å²) in [6.07, 6.45) is 0.641. The summed E-state index contributed by atoms with van der Waals surface area (Å²) in [5.41, 5.74) is 1.03. The lowest BCUT2D eigenvalue weighted by molar-refractivity contribution is 0.143. The van der Waals surface area contributed by atoms with Crippen LogP contribution in [0.15, 0.2) is 30.3 Å². The number of alkyl halides is 1. The number of rotatable bonds is 3. The van der Waals surface area contributed by atoms with Gasteiger partial charge in [0.15, 0.2) is 17.8 Å². The summed E-state index contributed by atoms with van der Waals surface area (Å²) < 4.78 is 15.8. The number of aromatic nitrogens is 3. The van der Waals surface area contributed by atoms with Gasteiger partial charge in [0.25, 0.3) is 0 Å². The molecule has 2 aliphatic rings. The van der Waals surface area contributed by atoms with E-state index in [-0.39, 0.29) is 12.0 Å². The van der Waals surface area contributed by atoms with Gasteiger partial charge in [0.2, 0.25) is 0 Å². The van der Waals surface area contributed by atoms with Gasteiger partial charge in [-0.2, -0.15) is 5.10 Å². The maximum Gasteiger partial charge on any atom is 0.179 e. The highest BCUT2D eigenvalue weighted by atomic mass is 19.1. The lowest BCUT2D eigenvalue weighted by Crippen LogP contribution is -2.09. The quantitative estimate of drug-likeness (QED) is 0.935. The number of aliphatic hydroxyl groups excluding tert-OH is 1. The molecule has 1 aromatic heterocycles. The van der Waals surface area contributed by atoms with Crippen molar-refractivity contribution in [2.75, 3.05) is 0 Å². The molecule has 1 aliphatic heterocycles. The molecule has 0 amide bonds. The van der Waals surface area contributed by atoms with E-state index in [9.17, 15) is 9.50 Å². The Morgan fingerprint density at radius 2 is 2.00 bits per heavy atom. The van der Waals surface area contributed by atoms with E-state index in [4.69, 9.17) is 0 Å². The van der Waals surface area contributed by atoms with Crippen molar-refractivity contribution in [2.24, 2.45) is 5.92 Å². The van der Waals surface area contributed by atoms with Crippen LogP contribution < -0.4 is 0 Å². The summed E-state index contributed by atoms with van der Waals surface area (Å²) in [6, 6.07) is 9.66. The zero-order chi connectivity index (χ0) is 13.7. The van der Waals surface area contributed by atoms with Crippen molar-refractivity contribution in [3.63, 3.8) is 0 Å². The fourth-order valence-electron chi connectivity index (χ4n) is 2.90. The normalized spacial score (nSPS) is 26.5. The first-order valence-electron chi connectivity index (χ1n) is 7.07. The van der Waals surface area contributed by atoms with Crippen molar-refractivity contribution in [2.45, 2.75) is 37.6 Å². The van der Waals surface area contributed by atoms with Crippen molar-refractivity contribution in [1.82, 2.24) is 14.8 Å². The summed E-state index contributed by atoms with van der Waals surface area (Å²) in [5.74, 6) is 0.991. The Labute approximate surface area is 116 Å². The van der Waals surface area contributed by atoms with Gasteiger partial charge in [-0.15, -0.1) is 0 Å². The molecule has 104 valence electrons. The largest absolute Gasteiger partial charge is 0.385 e. The predicted molar refractivity (Wildman–Crippen MR) is 70.8 cm³/mol. The van der Waals surface area contributed by atoms with Crippen LogP contribution in [0.5, 0.6) is 0 Å². The SMILES string of the molecule is O[C@H](c1nc2n(n1)C(c1ccccc1)CC2F)C1CC1. The van der Waals surface area contributed by atoms with E-state index in [1.165, 1.54) is 0 Å². The maximum absolute atomic E-state index is 14.1. The smallest absolute Gasteiger partial charge is 0.179 e. The third-order valence-electron chi connectivity index (χ3n) is 4.20. The summed E-state index contributed by atoms with van der Waals surface area (Å²) in [4.78, 5) is 4.24. The summed E-state index contributed by atoms with van der Waals surface area (Å²) in [5, 5.41) is 14.5. The zero-order valence-corrected chi connectivity index (χ0v) is 11.0. The number of hydrogen-bond acceptors (Lipinski definition) is 3. The Hall–Kier alpha value is -1.75. The van der Waals surface area contributed by atoms with Gasteiger partial charge < -0.3 is 5.11 Å². The Kier molecular flexibility index (Phi) is 2.63. The fraction of sp³-hybridized carbons (Fsp3) is 0.467. The lowest BCUT2D eigenvalue weighted by Gasteiger charge is -2.12. The number of aliphatic hydroxyl groups is 1. The highest BCUT2D eigenvalue weighted by Crippen LogP contribution is 2.43. The first kappa shape index (κ1) is 12.0. The van der Waals surface area contributed by atoms with E-state index < -0.39 is 12.3 Å². The van der Waals surface area contributed by atoms with E-state index in [0.717, 1.165) is 18.4 Å². The van der Waals surface area contributed by atoms with E-state index in [1.54, 1.807) is 4.68 Å². The molecule has 1 saturated carbocycles. The van der Waals surface area contributed by atoms with Crippen LogP contribution in [-0.2, 0) is 0 Å². The molecule has 4 nitrogen and oxygen atoms in total. The standard InChI is InChI=1S/C15H16FN3O/c16-11-8-12(9-4-2-1-3-5-9)19-15(11)17-14(18-19)13(20)10-6-7-10/h1-5,10-13,20H,6-8H2/t11?,12?,13-/m0/s1. The molecular formula is C15H16FN3O. The Morgan fingerprint density at radius 1 is 1.25 bits per heavy atom. The second-order valence-electron chi connectivity index (χ2n) is 5.68. The van der Waals surface area contributed by atoms with E-state index in [0.29, 0.717) is 18.1 Å². The van der Waals surface area contributed by atoms with Crippen molar-refractivity contribution in [3.05, 3.63) is 47.5 Å². The molecule has 1 aliphatic carbocycles. The van der Waals surface area contributed by atoms with Crippen molar-refractivity contribution < 1.29 is 9.50 Å². The molecule has 2 unspecified atom stereocenters. The zero-order valence-electron chi connectivity index (χ0n) is 11.0. The van der Waals surface area contributed by atoms with Gasteiger partial charge in [0.05, 0.1) is 6.04 Å².